The first kappa shape index (κ1) is 8.75. The van der Waals surface area contributed by atoms with Crippen LogP contribution in [0, 0.1) is 5.82 Å². The maximum Gasteiger partial charge on any atom is 0.127 e. The normalized spacial score (nSPS) is 16.8. The van der Waals surface area contributed by atoms with Crippen molar-refractivity contribution in [3.05, 3.63) is 35.1 Å². The Labute approximate surface area is 82.2 Å². The van der Waals surface area contributed by atoms with Crippen LogP contribution in [0.5, 0.6) is 0 Å². The molecule has 0 spiro atoms. The molecule has 3 heteroatoms. The summed E-state index contributed by atoms with van der Waals surface area (Å²) in [4.78, 5) is 0. The van der Waals surface area contributed by atoms with Crippen LogP contribution in [0.15, 0.2) is 22.6 Å². The van der Waals surface area contributed by atoms with Crippen molar-refractivity contribution in [1.82, 2.24) is 0 Å². The van der Waals surface area contributed by atoms with E-state index in [9.17, 15) is 4.39 Å². The lowest BCUT2D eigenvalue weighted by Gasteiger charge is -2.00. The third-order valence-electron chi connectivity index (χ3n) is 2.25. The zero-order chi connectivity index (χ0) is 9.26. The second kappa shape index (κ2) is 3.50. The Morgan fingerprint density at radius 2 is 2.23 bits per heavy atom. The first-order valence-corrected chi connectivity index (χ1v) is 4.68. The standard InChI is InChI=1S/C10H10FNS/c11-10-5-7(6-12-13)1-4-9(10)8-2-3-8/h1,4-6,8,13H,2-3H2/b12-6+. The fourth-order valence-electron chi connectivity index (χ4n) is 1.42. The summed E-state index contributed by atoms with van der Waals surface area (Å²) in [5.41, 5.74) is 1.60. The molecule has 1 aromatic carbocycles. The quantitative estimate of drug-likeness (QED) is 0.550. The van der Waals surface area contributed by atoms with E-state index in [2.05, 4.69) is 17.2 Å². The van der Waals surface area contributed by atoms with Crippen molar-refractivity contribution in [2.45, 2.75) is 18.8 Å². The summed E-state index contributed by atoms with van der Waals surface area (Å²) in [5, 5.41) is 0. The van der Waals surface area contributed by atoms with E-state index in [-0.39, 0.29) is 5.82 Å². The van der Waals surface area contributed by atoms with Gasteiger partial charge in [-0.15, -0.1) is 0 Å². The molecule has 0 bridgehead atoms. The van der Waals surface area contributed by atoms with Crippen molar-refractivity contribution < 1.29 is 4.39 Å². The highest BCUT2D eigenvalue weighted by atomic mass is 32.1. The Hall–Kier alpha value is -0.830. The SMILES string of the molecule is Fc1cc(/C=N/S)ccc1C1CC1. The van der Waals surface area contributed by atoms with Crippen LogP contribution < -0.4 is 0 Å². The van der Waals surface area contributed by atoms with Crippen LogP contribution in [-0.4, -0.2) is 6.21 Å². The average molecular weight is 195 g/mol. The van der Waals surface area contributed by atoms with E-state index in [1.165, 1.54) is 12.3 Å². The lowest BCUT2D eigenvalue weighted by Crippen LogP contribution is -1.89. The third-order valence-corrected chi connectivity index (χ3v) is 2.36. The van der Waals surface area contributed by atoms with E-state index < -0.39 is 0 Å². The molecule has 1 aliphatic rings. The highest BCUT2D eigenvalue weighted by molar-refractivity contribution is 7.78. The van der Waals surface area contributed by atoms with Gasteiger partial charge in [0.25, 0.3) is 0 Å². The van der Waals surface area contributed by atoms with Gasteiger partial charge in [0, 0.05) is 6.21 Å². The minimum absolute atomic E-state index is 0.117. The van der Waals surface area contributed by atoms with Crippen LogP contribution in [0.2, 0.25) is 0 Å². The van der Waals surface area contributed by atoms with E-state index in [1.54, 1.807) is 0 Å². The first-order valence-electron chi connectivity index (χ1n) is 4.28. The predicted octanol–water partition coefficient (Wildman–Crippen LogP) is 2.97. The minimum atomic E-state index is -0.117. The predicted molar refractivity (Wildman–Crippen MR) is 55.0 cm³/mol. The highest BCUT2D eigenvalue weighted by Gasteiger charge is 2.26. The van der Waals surface area contributed by atoms with Gasteiger partial charge in [-0.2, -0.15) is 0 Å². The molecule has 0 N–H and O–H groups in total. The van der Waals surface area contributed by atoms with Gasteiger partial charge in [0.15, 0.2) is 0 Å². The van der Waals surface area contributed by atoms with Crippen LogP contribution in [-0.2, 0) is 0 Å². The van der Waals surface area contributed by atoms with E-state index in [1.807, 2.05) is 12.1 Å². The Morgan fingerprint density at radius 1 is 1.46 bits per heavy atom. The summed E-state index contributed by atoms with van der Waals surface area (Å²) >= 11 is 3.69. The molecule has 0 radical (unpaired) electrons. The Morgan fingerprint density at radius 3 is 2.77 bits per heavy atom. The molecular weight excluding hydrogens is 185 g/mol. The molecule has 0 atom stereocenters. The molecule has 0 heterocycles. The fraction of sp³-hybridized carbons (Fsp3) is 0.300. The molecule has 1 aliphatic carbocycles. The number of thiol groups is 1. The molecule has 0 amide bonds. The summed E-state index contributed by atoms with van der Waals surface area (Å²) < 4.78 is 16.9. The van der Waals surface area contributed by atoms with E-state index in [0.29, 0.717) is 5.92 Å². The maximum atomic E-state index is 13.4. The summed E-state index contributed by atoms with van der Waals surface area (Å²) in [6.07, 6.45) is 3.77. The lowest BCUT2D eigenvalue weighted by molar-refractivity contribution is 0.610. The molecule has 1 nitrogen and oxygen atoms in total. The zero-order valence-electron chi connectivity index (χ0n) is 7.07. The number of hydrogen-bond acceptors (Lipinski definition) is 2. The zero-order valence-corrected chi connectivity index (χ0v) is 7.97. The van der Waals surface area contributed by atoms with Crippen molar-refractivity contribution in [3.63, 3.8) is 0 Å². The van der Waals surface area contributed by atoms with Gasteiger partial charge in [-0.25, -0.2) is 8.79 Å². The fourth-order valence-corrected chi connectivity index (χ4v) is 1.55. The highest BCUT2D eigenvalue weighted by Crippen LogP contribution is 2.41. The molecule has 1 fully saturated rings. The number of hydrogen-bond donors (Lipinski definition) is 1. The van der Waals surface area contributed by atoms with E-state index >= 15 is 0 Å². The number of rotatable bonds is 2. The second-order valence-electron chi connectivity index (χ2n) is 3.30. The molecule has 0 aliphatic heterocycles. The topological polar surface area (TPSA) is 12.4 Å². The monoisotopic (exact) mass is 195 g/mol. The van der Waals surface area contributed by atoms with Crippen molar-refractivity contribution in [3.8, 4) is 0 Å². The van der Waals surface area contributed by atoms with Gasteiger partial charge in [-0.3, -0.25) is 0 Å². The largest absolute Gasteiger partial charge is 0.227 e. The van der Waals surface area contributed by atoms with Crippen molar-refractivity contribution >= 4 is 19.0 Å². The van der Waals surface area contributed by atoms with Gasteiger partial charge < -0.3 is 0 Å². The van der Waals surface area contributed by atoms with Gasteiger partial charge in [-0.1, -0.05) is 12.1 Å². The molecule has 68 valence electrons. The van der Waals surface area contributed by atoms with Crippen LogP contribution in [0.3, 0.4) is 0 Å². The van der Waals surface area contributed by atoms with Crippen molar-refractivity contribution in [1.29, 1.82) is 0 Å². The summed E-state index contributed by atoms with van der Waals surface area (Å²) in [5.74, 6) is 0.343. The number of nitrogens with zero attached hydrogens (tertiary/aromatic N) is 1. The maximum absolute atomic E-state index is 13.4. The Balaban J connectivity index is 2.31. The number of halogens is 1. The number of benzene rings is 1. The van der Waals surface area contributed by atoms with Crippen LogP contribution in [0.4, 0.5) is 4.39 Å². The Kier molecular flexibility index (Phi) is 2.36. The van der Waals surface area contributed by atoms with Crippen molar-refractivity contribution in [2.75, 3.05) is 0 Å². The van der Waals surface area contributed by atoms with Gasteiger partial charge in [-0.05, 0) is 48.8 Å². The first-order chi connectivity index (χ1) is 6.31. The van der Waals surface area contributed by atoms with Gasteiger partial charge in [0.05, 0.1) is 0 Å². The van der Waals surface area contributed by atoms with Crippen LogP contribution >= 0.6 is 12.8 Å². The lowest BCUT2D eigenvalue weighted by atomic mass is 10.1. The minimum Gasteiger partial charge on any atom is -0.227 e. The molecule has 0 aromatic heterocycles. The van der Waals surface area contributed by atoms with Crippen molar-refractivity contribution in [2.24, 2.45) is 4.40 Å². The molecule has 0 unspecified atom stereocenters. The molecular formula is C10H10FNS. The van der Waals surface area contributed by atoms with E-state index in [0.717, 1.165) is 24.0 Å². The molecule has 1 aromatic rings. The molecule has 1 saturated carbocycles. The Bertz CT molecular complexity index is 345. The smallest absolute Gasteiger partial charge is 0.127 e. The molecule has 0 saturated heterocycles. The summed E-state index contributed by atoms with van der Waals surface area (Å²) in [7, 11) is 0. The second-order valence-corrected chi connectivity index (χ2v) is 3.53. The summed E-state index contributed by atoms with van der Waals surface area (Å²) in [6.45, 7) is 0. The third kappa shape index (κ3) is 1.91. The molecule has 13 heavy (non-hydrogen) atoms. The van der Waals surface area contributed by atoms with E-state index in [4.69, 9.17) is 0 Å². The molecule has 2 rings (SSSR count). The average Bonchev–Trinajstić information content (AvgIpc) is 2.88. The van der Waals surface area contributed by atoms with Gasteiger partial charge in [0.2, 0.25) is 0 Å². The van der Waals surface area contributed by atoms with Crippen LogP contribution in [0.1, 0.15) is 29.9 Å². The van der Waals surface area contributed by atoms with Gasteiger partial charge in [0.1, 0.15) is 5.82 Å². The summed E-state index contributed by atoms with van der Waals surface area (Å²) in [6, 6.07) is 5.22. The van der Waals surface area contributed by atoms with Gasteiger partial charge >= 0.3 is 0 Å². The van der Waals surface area contributed by atoms with Crippen LogP contribution in [0.25, 0.3) is 0 Å².